The Hall–Kier alpha value is -1.48. The summed E-state index contributed by atoms with van der Waals surface area (Å²) in [5.41, 5.74) is 1.05. The van der Waals surface area contributed by atoms with Crippen LogP contribution in [-0.2, 0) is 0 Å². The lowest BCUT2D eigenvalue weighted by atomic mass is 10.2. The maximum absolute atomic E-state index is 4.25. The molecule has 0 aliphatic carbocycles. The fraction of sp³-hybridized carbons (Fsp3) is 0. The van der Waals surface area contributed by atoms with Gasteiger partial charge in [0.2, 0.25) is 0 Å². The van der Waals surface area contributed by atoms with Crippen LogP contribution in [0.4, 0.5) is 0 Å². The summed E-state index contributed by atoms with van der Waals surface area (Å²) in [6.07, 6.45) is 3.67. The molecule has 0 bridgehead atoms. The van der Waals surface area contributed by atoms with Crippen LogP contribution in [0.2, 0.25) is 0 Å². The Morgan fingerprint density at radius 2 is 2.00 bits per heavy atom. The van der Waals surface area contributed by atoms with E-state index in [9.17, 15) is 0 Å². The van der Waals surface area contributed by atoms with E-state index in [-0.39, 0.29) is 0 Å². The lowest BCUT2D eigenvalue weighted by Gasteiger charge is -1.95. The van der Waals surface area contributed by atoms with Crippen molar-refractivity contribution in [2.24, 2.45) is 0 Å². The summed E-state index contributed by atoms with van der Waals surface area (Å²) < 4.78 is 5.38. The summed E-state index contributed by atoms with van der Waals surface area (Å²) >= 11 is 1.52. The number of nitrogens with zero attached hydrogens (tertiary/aromatic N) is 2. The van der Waals surface area contributed by atoms with Gasteiger partial charge >= 0.3 is 0 Å². The molecule has 3 aromatic rings. The van der Waals surface area contributed by atoms with E-state index in [0.717, 1.165) is 5.52 Å². The Morgan fingerprint density at radius 3 is 3.00 bits per heavy atom. The van der Waals surface area contributed by atoms with Gasteiger partial charge in [0.25, 0.3) is 0 Å². The highest BCUT2D eigenvalue weighted by Crippen LogP contribution is 2.25. The van der Waals surface area contributed by atoms with Crippen LogP contribution in [0.1, 0.15) is 0 Å². The highest BCUT2D eigenvalue weighted by molar-refractivity contribution is 7.13. The van der Waals surface area contributed by atoms with Crippen molar-refractivity contribution in [1.82, 2.24) is 9.36 Å². The van der Waals surface area contributed by atoms with Crippen LogP contribution in [0.3, 0.4) is 0 Å². The summed E-state index contributed by atoms with van der Waals surface area (Å²) in [6, 6.07) is 8.20. The molecule has 0 aliphatic heterocycles. The molecule has 0 radical (unpaired) electrons. The average Bonchev–Trinajstić information content (AvgIpc) is 2.65. The van der Waals surface area contributed by atoms with Crippen molar-refractivity contribution in [2.75, 3.05) is 0 Å². The summed E-state index contributed by atoms with van der Waals surface area (Å²) in [4.78, 5) is 4.25. The van der Waals surface area contributed by atoms with Gasteiger partial charge in [-0.05, 0) is 35.1 Å². The first-order valence-electron chi connectivity index (χ1n) is 4.03. The van der Waals surface area contributed by atoms with E-state index < -0.39 is 0 Å². The van der Waals surface area contributed by atoms with E-state index in [1.807, 2.05) is 30.6 Å². The third-order valence-electron chi connectivity index (χ3n) is 2.12. The summed E-state index contributed by atoms with van der Waals surface area (Å²) in [6.45, 7) is 0. The normalized spacial score (nSPS) is 11.1. The minimum Gasteiger partial charge on any atom is -0.256 e. The van der Waals surface area contributed by atoms with Gasteiger partial charge in [0.15, 0.2) is 0 Å². The first-order valence-corrected chi connectivity index (χ1v) is 4.80. The van der Waals surface area contributed by atoms with Crippen LogP contribution < -0.4 is 0 Å². The molecule has 0 unspecified atom stereocenters. The largest absolute Gasteiger partial charge is 0.256 e. The van der Waals surface area contributed by atoms with E-state index >= 15 is 0 Å². The van der Waals surface area contributed by atoms with E-state index in [1.54, 1.807) is 0 Å². The molecule has 3 rings (SSSR count). The smallest absolute Gasteiger partial charge is 0.0717 e. The molecule has 62 valence electrons. The van der Waals surface area contributed by atoms with E-state index in [0.29, 0.717) is 0 Å². The maximum Gasteiger partial charge on any atom is 0.0717 e. The number of hydrogen-bond donors (Lipinski definition) is 0. The predicted octanol–water partition coefficient (Wildman–Crippen LogP) is 2.84. The zero-order valence-corrected chi connectivity index (χ0v) is 7.58. The molecule has 1 aromatic carbocycles. The Kier molecular flexibility index (Phi) is 1.34. The molecule has 2 aromatic heterocycles. The van der Waals surface area contributed by atoms with Gasteiger partial charge in [-0.3, -0.25) is 4.98 Å². The highest BCUT2D eigenvalue weighted by Gasteiger charge is 2.01. The topological polar surface area (TPSA) is 25.8 Å². The van der Waals surface area contributed by atoms with Gasteiger partial charge in [0.1, 0.15) is 0 Å². The van der Waals surface area contributed by atoms with Crippen molar-refractivity contribution < 1.29 is 0 Å². The molecule has 13 heavy (non-hydrogen) atoms. The second-order valence-corrected chi connectivity index (χ2v) is 3.68. The number of fused-ring (bicyclic) bond motifs is 3. The van der Waals surface area contributed by atoms with Gasteiger partial charge in [0.05, 0.1) is 10.2 Å². The van der Waals surface area contributed by atoms with Crippen molar-refractivity contribution in [3.63, 3.8) is 0 Å². The SMILES string of the molecule is c1cc2ccc3nccc3c2sn1. The molecule has 2 heterocycles. The first-order chi connectivity index (χ1) is 6.45. The quantitative estimate of drug-likeness (QED) is 0.539. The van der Waals surface area contributed by atoms with Gasteiger partial charge in [-0.25, -0.2) is 4.37 Å². The fourth-order valence-electron chi connectivity index (χ4n) is 1.50. The van der Waals surface area contributed by atoms with Gasteiger partial charge in [-0.2, -0.15) is 0 Å². The van der Waals surface area contributed by atoms with Crippen molar-refractivity contribution in [2.45, 2.75) is 0 Å². The number of benzene rings is 1. The minimum absolute atomic E-state index is 1.05. The molecule has 0 aliphatic rings. The number of rotatable bonds is 0. The zero-order valence-electron chi connectivity index (χ0n) is 6.77. The van der Waals surface area contributed by atoms with Gasteiger partial charge in [0, 0.05) is 17.8 Å². The van der Waals surface area contributed by atoms with Crippen LogP contribution in [0.25, 0.3) is 21.0 Å². The monoisotopic (exact) mass is 186 g/mol. The summed E-state index contributed by atoms with van der Waals surface area (Å²) in [7, 11) is 0. The molecule has 0 fully saturated rings. The lowest BCUT2D eigenvalue weighted by Crippen LogP contribution is -1.72. The third kappa shape index (κ3) is 0.939. The first kappa shape index (κ1) is 6.97. The van der Waals surface area contributed by atoms with E-state index in [4.69, 9.17) is 0 Å². The molecule has 0 amide bonds. The maximum atomic E-state index is 4.25. The molecule has 0 saturated carbocycles. The van der Waals surface area contributed by atoms with Gasteiger partial charge in [-0.15, -0.1) is 0 Å². The number of aromatic nitrogens is 2. The molecule has 2 nitrogen and oxygen atoms in total. The summed E-state index contributed by atoms with van der Waals surface area (Å²) in [5, 5.41) is 2.44. The summed E-state index contributed by atoms with van der Waals surface area (Å²) in [5.74, 6) is 0. The Labute approximate surface area is 79.0 Å². The van der Waals surface area contributed by atoms with Crippen LogP contribution in [0.15, 0.2) is 36.7 Å². The number of hydrogen-bond acceptors (Lipinski definition) is 3. The van der Waals surface area contributed by atoms with Crippen LogP contribution in [0, 0.1) is 0 Å². The highest BCUT2D eigenvalue weighted by atomic mass is 32.1. The van der Waals surface area contributed by atoms with Crippen LogP contribution in [0.5, 0.6) is 0 Å². The molecular weight excluding hydrogens is 180 g/mol. The van der Waals surface area contributed by atoms with Gasteiger partial charge < -0.3 is 0 Å². The molecule has 3 heteroatoms. The minimum atomic E-state index is 1.05. The molecule has 0 N–H and O–H groups in total. The standard InChI is InChI=1S/C10H6N2S/c1-2-9-8(4-5-11-9)10-7(1)3-6-12-13-10/h1-6H. The van der Waals surface area contributed by atoms with E-state index in [1.165, 1.54) is 27.0 Å². The molecule has 0 atom stereocenters. The third-order valence-corrected chi connectivity index (χ3v) is 2.98. The fourth-order valence-corrected chi connectivity index (χ4v) is 2.24. The predicted molar refractivity (Wildman–Crippen MR) is 54.9 cm³/mol. The molecule has 0 spiro atoms. The Balaban J connectivity index is 2.65. The second kappa shape index (κ2) is 2.50. The van der Waals surface area contributed by atoms with Crippen LogP contribution in [-0.4, -0.2) is 9.36 Å². The van der Waals surface area contributed by atoms with Crippen molar-refractivity contribution in [3.8, 4) is 0 Å². The van der Waals surface area contributed by atoms with Crippen LogP contribution >= 0.6 is 11.5 Å². The zero-order chi connectivity index (χ0) is 8.67. The Bertz CT molecular complexity index is 571. The van der Waals surface area contributed by atoms with Crippen molar-refractivity contribution >= 4 is 32.5 Å². The van der Waals surface area contributed by atoms with Crippen molar-refractivity contribution in [1.29, 1.82) is 0 Å². The van der Waals surface area contributed by atoms with E-state index in [2.05, 4.69) is 15.4 Å². The molecule has 0 saturated heterocycles. The van der Waals surface area contributed by atoms with Crippen molar-refractivity contribution in [3.05, 3.63) is 36.7 Å². The average molecular weight is 186 g/mol. The molecular formula is C10H6N2S. The van der Waals surface area contributed by atoms with Gasteiger partial charge in [-0.1, -0.05) is 6.07 Å². The lowest BCUT2D eigenvalue weighted by molar-refractivity contribution is 1.48. The Morgan fingerprint density at radius 1 is 1.00 bits per heavy atom. The second-order valence-electron chi connectivity index (χ2n) is 2.87.